The molecule has 4 fully saturated rings. The Kier molecular flexibility index (Phi) is 13.0. The van der Waals surface area contributed by atoms with Gasteiger partial charge in [-0.1, -0.05) is 53.5 Å². The summed E-state index contributed by atoms with van der Waals surface area (Å²) in [5, 5.41) is 25.2. The first-order valence-corrected chi connectivity index (χ1v) is 19.8. The van der Waals surface area contributed by atoms with E-state index in [2.05, 4.69) is 15.0 Å². The predicted octanol–water partition coefficient (Wildman–Crippen LogP) is 7.71. The molecular formula is C42H40Cl2F3N3O9. The number of aromatic carboxylic acids is 1. The van der Waals surface area contributed by atoms with Crippen LogP contribution in [-0.2, 0) is 31.9 Å². The Labute approximate surface area is 347 Å². The zero-order valence-corrected chi connectivity index (χ0v) is 33.0. The van der Waals surface area contributed by atoms with Crippen LogP contribution in [0.4, 0.5) is 18.9 Å². The Morgan fingerprint density at radius 3 is 2.32 bits per heavy atom. The van der Waals surface area contributed by atoms with Gasteiger partial charge in [-0.3, -0.25) is 9.69 Å². The molecule has 0 spiro atoms. The Bertz CT molecular complexity index is 2180. The Balaban J connectivity index is 1.20. The summed E-state index contributed by atoms with van der Waals surface area (Å²) in [6, 6.07) is 12.3. The van der Waals surface area contributed by atoms with Gasteiger partial charge in [-0.05, 0) is 86.5 Å². The second kappa shape index (κ2) is 18.3. The van der Waals surface area contributed by atoms with E-state index in [1.54, 1.807) is 6.07 Å². The molecule has 12 nitrogen and oxygen atoms in total. The predicted molar refractivity (Wildman–Crippen MR) is 208 cm³/mol. The fourth-order valence-corrected chi connectivity index (χ4v) is 8.11. The monoisotopic (exact) mass is 857 g/mol. The number of hydrogen-bond donors (Lipinski definition) is 2. The van der Waals surface area contributed by atoms with Crippen molar-refractivity contribution in [1.82, 2.24) is 4.90 Å². The largest absolute Gasteiger partial charge is 0.619 e. The van der Waals surface area contributed by atoms with E-state index in [-0.39, 0.29) is 79.9 Å². The number of hydrogen-bond acceptors (Lipinski definition) is 10. The number of alkyl halides is 2. The second-order valence-corrected chi connectivity index (χ2v) is 15.7. The first-order chi connectivity index (χ1) is 28.3. The summed E-state index contributed by atoms with van der Waals surface area (Å²) in [7, 11) is 0. The van der Waals surface area contributed by atoms with Crippen LogP contribution in [0.25, 0.3) is 0 Å². The van der Waals surface area contributed by atoms with Crippen LogP contribution < -0.4 is 19.5 Å². The number of anilines is 1. The fraction of sp³-hybridized carbons (Fsp3) is 0.381. The number of carboxylic acids is 1. The molecule has 2 bridgehead atoms. The van der Waals surface area contributed by atoms with Gasteiger partial charge in [0.05, 0.1) is 18.6 Å². The van der Waals surface area contributed by atoms with Crippen molar-refractivity contribution in [2.45, 2.75) is 63.4 Å². The summed E-state index contributed by atoms with van der Waals surface area (Å²) in [6.45, 7) is -0.587. The van der Waals surface area contributed by atoms with Crippen LogP contribution in [0.5, 0.6) is 11.5 Å². The third kappa shape index (κ3) is 10.3. The molecule has 4 aromatic rings. The standard InChI is InChI=1S/C42H40Cl2F3N3O9/c43-30-19-50(55)20-31(44)29(30)17-35(25-10-11-34(59-42(46)47)36(16-25)56-22-23-8-9-23)57-38(51)18-28-26(40(52)53)5-3-7-33(28)48-39(27-4-1-2-6-32(27)45)41(54)58-37-21-49-14-12-24(37)13-15-49/h1-7,10-11,16,19-20,23-24,35,37,39,42,48H,8-9,12-15,17-18,21-22H2,(H,52,53)/t35-,37-,39?/m0/s1. The van der Waals surface area contributed by atoms with Gasteiger partial charge in [0.15, 0.2) is 29.9 Å². The Morgan fingerprint density at radius 2 is 1.68 bits per heavy atom. The summed E-state index contributed by atoms with van der Waals surface area (Å²) in [4.78, 5) is 42.8. The number of pyridine rings is 1. The molecule has 312 valence electrons. The average molecular weight is 859 g/mol. The van der Waals surface area contributed by atoms with E-state index < -0.39 is 55.0 Å². The van der Waals surface area contributed by atoms with Crippen LogP contribution in [0.2, 0.25) is 10.0 Å². The summed E-state index contributed by atoms with van der Waals surface area (Å²) < 4.78 is 65.1. The van der Waals surface area contributed by atoms with Crippen molar-refractivity contribution in [1.29, 1.82) is 0 Å². The average Bonchev–Trinajstić information content (AvgIpc) is 4.03. The van der Waals surface area contributed by atoms with Crippen molar-refractivity contribution in [3.63, 3.8) is 0 Å². The van der Waals surface area contributed by atoms with Crippen LogP contribution >= 0.6 is 23.2 Å². The lowest BCUT2D eigenvalue weighted by molar-refractivity contribution is -0.605. The highest BCUT2D eigenvalue weighted by Crippen LogP contribution is 2.39. The van der Waals surface area contributed by atoms with Gasteiger partial charge in [0.2, 0.25) is 0 Å². The van der Waals surface area contributed by atoms with Gasteiger partial charge >= 0.3 is 24.5 Å². The van der Waals surface area contributed by atoms with Gasteiger partial charge in [-0.25, -0.2) is 14.0 Å². The molecule has 0 radical (unpaired) electrons. The fourth-order valence-electron chi connectivity index (χ4n) is 7.51. The third-order valence-corrected chi connectivity index (χ3v) is 11.4. The smallest absolute Gasteiger partial charge is 0.387 e. The van der Waals surface area contributed by atoms with Gasteiger partial charge in [-0.2, -0.15) is 13.5 Å². The quantitative estimate of drug-likeness (QED) is 0.0611. The summed E-state index contributed by atoms with van der Waals surface area (Å²) >= 11 is 12.8. The minimum Gasteiger partial charge on any atom is -0.619 e. The lowest BCUT2D eigenvalue weighted by atomic mass is 9.86. The van der Waals surface area contributed by atoms with E-state index in [0.29, 0.717) is 11.3 Å². The molecule has 3 atom stereocenters. The van der Waals surface area contributed by atoms with Crippen LogP contribution in [0, 0.1) is 22.9 Å². The number of piperidine rings is 3. The highest BCUT2D eigenvalue weighted by molar-refractivity contribution is 6.35. The number of carbonyl (C=O) groups is 3. The number of esters is 2. The van der Waals surface area contributed by atoms with E-state index in [0.717, 1.165) is 51.2 Å². The van der Waals surface area contributed by atoms with Gasteiger partial charge in [-0.15, -0.1) is 0 Å². The zero-order valence-electron chi connectivity index (χ0n) is 31.5. The van der Waals surface area contributed by atoms with Crippen LogP contribution in [0.3, 0.4) is 0 Å². The molecule has 3 aliphatic heterocycles. The van der Waals surface area contributed by atoms with Crippen molar-refractivity contribution in [2.24, 2.45) is 11.8 Å². The molecule has 1 aliphatic carbocycles. The van der Waals surface area contributed by atoms with E-state index in [4.69, 9.17) is 37.4 Å². The maximum atomic E-state index is 15.4. The first-order valence-electron chi connectivity index (χ1n) is 19.1. The number of carboxylic acid groups (broad SMARTS) is 1. The van der Waals surface area contributed by atoms with Crippen LogP contribution in [0.1, 0.15) is 70.4 Å². The first kappa shape index (κ1) is 41.9. The SMILES string of the molecule is O=C(Cc1c(NC(C(=O)O[C@H]2CN3CCC2CC3)c2ccccc2F)cccc1C(=O)O)O[C@@H](Cc1c(Cl)c[n+]([O-])cc1Cl)c1ccc(OC(F)F)c(OCC2CC2)c1. The molecule has 17 heteroatoms. The number of aromatic nitrogens is 1. The Hall–Kier alpha value is -5.25. The molecule has 0 amide bonds. The maximum absolute atomic E-state index is 15.4. The van der Waals surface area contributed by atoms with Crippen molar-refractivity contribution in [2.75, 3.05) is 31.6 Å². The number of benzene rings is 3. The van der Waals surface area contributed by atoms with Crippen molar-refractivity contribution in [3.05, 3.63) is 122 Å². The molecule has 1 aromatic heterocycles. The molecular weight excluding hydrogens is 818 g/mol. The van der Waals surface area contributed by atoms with E-state index in [1.165, 1.54) is 54.6 Å². The molecule has 59 heavy (non-hydrogen) atoms. The lowest BCUT2D eigenvalue weighted by Gasteiger charge is -2.44. The number of fused-ring (bicyclic) bond motifs is 3. The Morgan fingerprint density at radius 1 is 0.949 bits per heavy atom. The van der Waals surface area contributed by atoms with Crippen molar-refractivity contribution >= 4 is 46.8 Å². The topological polar surface area (TPSA) is 151 Å². The van der Waals surface area contributed by atoms with Crippen molar-refractivity contribution < 1.29 is 56.3 Å². The molecule has 3 saturated heterocycles. The normalized spacial score (nSPS) is 19.5. The van der Waals surface area contributed by atoms with Crippen molar-refractivity contribution in [3.8, 4) is 11.5 Å². The molecule has 1 saturated carbocycles. The highest BCUT2D eigenvalue weighted by Gasteiger charge is 2.39. The van der Waals surface area contributed by atoms with E-state index >= 15 is 4.39 Å². The van der Waals surface area contributed by atoms with Gasteiger partial charge in [0, 0.05) is 35.3 Å². The molecule has 8 rings (SSSR count). The molecule has 4 aliphatic rings. The lowest BCUT2D eigenvalue weighted by Crippen LogP contribution is -2.52. The number of halogens is 5. The third-order valence-electron chi connectivity index (χ3n) is 10.8. The summed E-state index contributed by atoms with van der Waals surface area (Å²) in [6.07, 6.45) is 3.08. The highest BCUT2D eigenvalue weighted by atomic mass is 35.5. The molecule has 3 aromatic carbocycles. The minimum absolute atomic E-state index is 0.0240. The van der Waals surface area contributed by atoms with Gasteiger partial charge in [0.1, 0.15) is 28.1 Å². The number of nitrogens with zero attached hydrogens (tertiary/aromatic N) is 2. The minimum atomic E-state index is -3.16. The zero-order chi connectivity index (χ0) is 41.8. The number of ether oxygens (including phenoxy) is 4. The summed E-state index contributed by atoms with van der Waals surface area (Å²) in [5.74, 6) is -3.74. The van der Waals surface area contributed by atoms with E-state index in [1.807, 2.05) is 0 Å². The van der Waals surface area contributed by atoms with Crippen LogP contribution in [-0.4, -0.2) is 66.9 Å². The maximum Gasteiger partial charge on any atom is 0.387 e. The molecule has 4 heterocycles. The number of rotatable bonds is 17. The number of nitrogens with one attached hydrogen (secondary N) is 1. The summed E-state index contributed by atoms with van der Waals surface area (Å²) in [5.41, 5.74) is 0.0443. The van der Waals surface area contributed by atoms with E-state index in [9.17, 15) is 33.5 Å². The number of carbonyl (C=O) groups excluding carboxylic acids is 2. The van der Waals surface area contributed by atoms with Gasteiger partial charge < -0.3 is 34.6 Å². The van der Waals surface area contributed by atoms with Crippen LogP contribution in [0.15, 0.2) is 73.1 Å². The molecule has 1 unspecified atom stereocenters. The second-order valence-electron chi connectivity index (χ2n) is 14.8. The molecule has 2 N–H and O–H groups in total. The van der Waals surface area contributed by atoms with Gasteiger partial charge in [0.25, 0.3) is 0 Å².